The number of rotatable bonds is 4. The van der Waals surface area contributed by atoms with Gasteiger partial charge in [-0.25, -0.2) is 0 Å². The van der Waals surface area contributed by atoms with Crippen LogP contribution in [0.5, 0.6) is 0 Å². The van der Waals surface area contributed by atoms with Gasteiger partial charge >= 0.3 is 0 Å². The van der Waals surface area contributed by atoms with Crippen molar-refractivity contribution in [2.75, 3.05) is 19.0 Å². The maximum Gasteiger partial charge on any atom is 0.171 e. The van der Waals surface area contributed by atoms with Crippen molar-refractivity contribution in [3.8, 4) is 6.07 Å². The second kappa shape index (κ2) is 6.84. The van der Waals surface area contributed by atoms with E-state index >= 15 is 0 Å². The molecule has 17 heavy (non-hydrogen) atoms. The molecule has 1 aromatic carbocycles. The maximum absolute atomic E-state index is 8.67. The highest BCUT2D eigenvalue weighted by Crippen LogP contribution is 2.08. The first-order valence-electron chi connectivity index (χ1n) is 5.22. The number of benzene rings is 1. The van der Waals surface area contributed by atoms with E-state index in [1.165, 1.54) is 0 Å². The number of thiocarbonyl (C=S) groups is 1. The maximum atomic E-state index is 8.67. The van der Waals surface area contributed by atoms with Crippen molar-refractivity contribution >= 4 is 23.0 Å². The molecule has 0 aliphatic rings. The summed E-state index contributed by atoms with van der Waals surface area (Å²) in [7, 11) is 1.65. The Labute approximate surface area is 107 Å². The molecular weight excluding hydrogens is 234 g/mol. The van der Waals surface area contributed by atoms with Gasteiger partial charge in [-0.15, -0.1) is 0 Å². The van der Waals surface area contributed by atoms with Crippen molar-refractivity contribution in [1.29, 1.82) is 5.26 Å². The van der Waals surface area contributed by atoms with Gasteiger partial charge in [-0.05, 0) is 43.4 Å². The Hall–Kier alpha value is -1.64. The van der Waals surface area contributed by atoms with E-state index in [0.29, 0.717) is 17.3 Å². The molecule has 0 heterocycles. The standard InChI is InChI=1S/C12H15N3OS/c1-9(8-16-2)14-12(17)15-11-5-3-10(7-13)4-6-11/h3-6,9H,8H2,1-2H3,(H2,14,15,17). The largest absolute Gasteiger partial charge is 0.383 e. The first-order valence-corrected chi connectivity index (χ1v) is 5.63. The Morgan fingerprint density at radius 1 is 1.47 bits per heavy atom. The van der Waals surface area contributed by atoms with Crippen molar-refractivity contribution in [2.24, 2.45) is 0 Å². The molecule has 0 amide bonds. The molecule has 1 aromatic rings. The number of anilines is 1. The smallest absolute Gasteiger partial charge is 0.171 e. The lowest BCUT2D eigenvalue weighted by Crippen LogP contribution is -2.38. The molecule has 1 atom stereocenters. The minimum Gasteiger partial charge on any atom is -0.383 e. The second-order valence-corrected chi connectivity index (χ2v) is 4.05. The van der Waals surface area contributed by atoms with Crippen LogP contribution in [0.2, 0.25) is 0 Å². The van der Waals surface area contributed by atoms with Gasteiger partial charge in [-0.3, -0.25) is 0 Å². The normalized spacial score (nSPS) is 11.4. The lowest BCUT2D eigenvalue weighted by atomic mass is 10.2. The van der Waals surface area contributed by atoms with Crippen molar-refractivity contribution < 1.29 is 4.74 Å². The first kappa shape index (κ1) is 13.4. The monoisotopic (exact) mass is 249 g/mol. The zero-order valence-electron chi connectivity index (χ0n) is 9.86. The molecular formula is C12H15N3OS. The van der Waals surface area contributed by atoms with Crippen molar-refractivity contribution in [3.63, 3.8) is 0 Å². The van der Waals surface area contributed by atoms with E-state index in [0.717, 1.165) is 5.69 Å². The summed E-state index contributed by atoms with van der Waals surface area (Å²) in [5.74, 6) is 0. The van der Waals surface area contributed by atoms with Gasteiger partial charge < -0.3 is 15.4 Å². The lowest BCUT2D eigenvalue weighted by molar-refractivity contribution is 0.179. The molecule has 2 N–H and O–H groups in total. The van der Waals surface area contributed by atoms with Crippen molar-refractivity contribution in [3.05, 3.63) is 29.8 Å². The van der Waals surface area contributed by atoms with Gasteiger partial charge in [-0.1, -0.05) is 0 Å². The summed E-state index contributed by atoms with van der Waals surface area (Å²) in [4.78, 5) is 0. The van der Waals surface area contributed by atoms with Crippen molar-refractivity contribution in [2.45, 2.75) is 13.0 Å². The molecule has 4 nitrogen and oxygen atoms in total. The van der Waals surface area contributed by atoms with Gasteiger partial charge in [0.15, 0.2) is 5.11 Å². The van der Waals surface area contributed by atoms with Crippen LogP contribution in [0.25, 0.3) is 0 Å². The topological polar surface area (TPSA) is 57.1 Å². The minimum atomic E-state index is 0.151. The Morgan fingerprint density at radius 2 is 2.12 bits per heavy atom. The van der Waals surface area contributed by atoms with Crippen LogP contribution >= 0.6 is 12.2 Å². The fraction of sp³-hybridized carbons (Fsp3) is 0.333. The molecule has 0 saturated heterocycles. The average molecular weight is 249 g/mol. The molecule has 0 radical (unpaired) electrons. The molecule has 0 spiro atoms. The predicted octanol–water partition coefficient (Wildman–Crippen LogP) is 1.88. The van der Waals surface area contributed by atoms with Gasteiger partial charge in [0.2, 0.25) is 0 Å². The fourth-order valence-corrected chi connectivity index (χ4v) is 1.63. The van der Waals surface area contributed by atoms with Crippen LogP contribution in [0.1, 0.15) is 12.5 Å². The summed E-state index contributed by atoms with van der Waals surface area (Å²) in [5, 5.41) is 15.3. The molecule has 1 unspecified atom stereocenters. The number of nitrogens with zero attached hydrogens (tertiary/aromatic N) is 1. The highest BCUT2D eigenvalue weighted by molar-refractivity contribution is 7.80. The SMILES string of the molecule is COCC(C)NC(=S)Nc1ccc(C#N)cc1. The van der Waals surface area contributed by atoms with Gasteiger partial charge in [0, 0.05) is 18.8 Å². The summed E-state index contributed by atoms with van der Waals surface area (Å²) in [6, 6.07) is 9.32. The summed E-state index contributed by atoms with van der Waals surface area (Å²) >= 11 is 5.14. The van der Waals surface area contributed by atoms with Crippen LogP contribution in [0.3, 0.4) is 0 Å². The van der Waals surface area contributed by atoms with E-state index in [9.17, 15) is 0 Å². The van der Waals surface area contributed by atoms with Gasteiger partial charge in [0.25, 0.3) is 0 Å². The van der Waals surface area contributed by atoms with Crippen LogP contribution in [0, 0.1) is 11.3 Å². The van der Waals surface area contributed by atoms with E-state index in [2.05, 4.69) is 16.7 Å². The molecule has 0 bridgehead atoms. The molecule has 0 fully saturated rings. The quantitative estimate of drug-likeness (QED) is 0.798. The molecule has 0 aromatic heterocycles. The molecule has 5 heteroatoms. The van der Waals surface area contributed by atoms with Crippen LogP contribution < -0.4 is 10.6 Å². The number of ether oxygens (including phenoxy) is 1. The van der Waals surface area contributed by atoms with Gasteiger partial charge in [-0.2, -0.15) is 5.26 Å². The number of nitriles is 1. The van der Waals surface area contributed by atoms with E-state index in [4.69, 9.17) is 22.2 Å². The summed E-state index contributed by atoms with van der Waals surface area (Å²) in [6.07, 6.45) is 0. The Morgan fingerprint density at radius 3 is 2.65 bits per heavy atom. The lowest BCUT2D eigenvalue weighted by Gasteiger charge is -2.16. The van der Waals surface area contributed by atoms with E-state index in [1.807, 2.05) is 19.1 Å². The Bertz CT molecular complexity index is 411. The van der Waals surface area contributed by atoms with Gasteiger partial charge in [0.05, 0.1) is 18.2 Å². The molecule has 0 aliphatic heterocycles. The van der Waals surface area contributed by atoms with Crippen LogP contribution in [0.15, 0.2) is 24.3 Å². The predicted molar refractivity (Wildman–Crippen MR) is 71.9 cm³/mol. The number of hydrogen-bond acceptors (Lipinski definition) is 3. The second-order valence-electron chi connectivity index (χ2n) is 3.64. The zero-order chi connectivity index (χ0) is 12.7. The highest BCUT2D eigenvalue weighted by atomic mass is 32.1. The molecule has 90 valence electrons. The summed E-state index contributed by atoms with van der Waals surface area (Å²) in [6.45, 7) is 2.57. The Kier molecular flexibility index (Phi) is 5.40. The molecule has 1 rings (SSSR count). The Balaban J connectivity index is 2.48. The first-order chi connectivity index (χ1) is 8.15. The van der Waals surface area contributed by atoms with Crippen LogP contribution in [-0.4, -0.2) is 24.9 Å². The number of nitrogens with one attached hydrogen (secondary N) is 2. The third kappa shape index (κ3) is 4.81. The molecule has 0 aliphatic carbocycles. The minimum absolute atomic E-state index is 0.151. The van der Waals surface area contributed by atoms with E-state index in [-0.39, 0.29) is 6.04 Å². The zero-order valence-corrected chi connectivity index (χ0v) is 10.7. The van der Waals surface area contributed by atoms with Gasteiger partial charge in [0.1, 0.15) is 0 Å². The third-order valence-electron chi connectivity index (χ3n) is 2.07. The van der Waals surface area contributed by atoms with Crippen LogP contribution in [-0.2, 0) is 4.74 Å². The average Bonchev–Trinajstić information content (AvgIpc) is 2.30. The number of hydrogen-bond donors (Lipinski definition) is 2. The molecule has 0 saturated carbocycles. The van der Waals surface area contributed by atoms with E-state index in [1.54, 1.807) is 19.2 Å². The fourth-order valence-electron chi connectivity index (χ4n) is 1.31. The van der Waals surface area contributed by atoms with E-state index < -0.39 is 0 Å². The third-order valence-corrected chi connectivity index (χ3v) is 2.29. The highest BCUT2D eigenvalue weighted by Gasteiger charge is 2.03. The summed E-state index contributed by atoms with van der Waals surface area (Å²) < 4.78 is 5.00. The number of methoxy groups -OCH3 is 1. The summed E-state index contributed by atoms with van der Waals surface area (Å²) in [5.41, 5.74) is 1.48. The van der Waals surface area contributed by atoms with Crippen LogP contribution in [0.4, 0.5) is 5.69 Å². The van der Waals surface area contributed by atoms with Crippen molar-refractivity contribution in [1.82, 2.24) is 5.32 Å².